The number of hydrogen-bond acceptors (Lipinski definition) is 2. The van der Waals surface area contributed by atoms with Crippen molar-refractivity contribution in [2.45, 2.75) is 44.0 Å². The highest BCUT2D eigenvalue weighted by molar-refractivity contribution is 9.09. The van der Waals surface area contributed by atoms with Gasteiger partial charge in [0.15, 0.2) is 0 Å². The van der Waals surface area contributed by atoms with E-state index in [1.807, 2.05) is 0 Å². The fourth-order valence-corrected chi connectivity index (χ4v) is 3.48. The summed E-state index contributed by atoms with van der Waals surface area (Å²) in [6, 6.07) is 8.40. The Hall–Kier alpha value is -0.540. The quantitative estimate of drug-likeness (QED) is 0.729. The van der Waals surface area contributed by atoms with Crippen LogP contribution in [0.1, 0.15) is 32.3 Å². The van der Waals surface area contributed by atoms with Crippen molar-refractivity contribution in [2.24, 2.45) is 5.41 Å². The van der Waals surface area contributed by atoms with Gasteiger partial charge in [-0.3, -0.25) is 0 Å². The van der Waals surface area contributed by atoms with E-state index in [1.165, 1.54) is 5.56 Å². The van der Waals surface area contributed by atoms with Crippen molar-refractivity contribution >= 4 is 15.9 Å². The Labute approximate surface area is 124 Å². The maximum Gasteiger partial charge on any atom is 0.119 e. The molecule has 2 nitrogen and oxygen atoms in total. The molecule has 1 aromatic rings. The van der Waals surface area contributed by atoms with Gasteiger partial charge in [0.05, 0.1) is 6.61 Å². The fraction of sp³-hybridized carbons (Fsp3) is 0.625. The summed E-state index contributed by atoms with van der Waals surface area (Å²) >= 11 is 3.74. The first kappa shape index (κ1) is 14.9. The Balaban J connectivity index is 1.93. The van der Waals surface area contributed by atoms with Gasteiger partial charge >= 0.3 is 0 Å². The SMILES string of the molecule is CCC1(C)C(Br)CC1Oc1ccc(CCOC)cc1. The number of alkyl halides is 1. The van der Waals surface area contributed by atoms with E-state index in [4.69, 9.17) is 9.47 Å². The summed E-state index contributed by atoms with van der Waals surface area (Å²) in [4.78, 5) is 0.580. The number of hydrogen-bond donors (Lipinski definition) is 0. The highest BCUT2D eigenvalue weighted by Gasteiger charge is 2.50. The van der Waals surface area contributed by atoms with Crippen molar-refractivity contribution in [1.82, 2.24) is 0 Å². The van der Waals surface area contributed by atoms with Crippen molar-refractivity contribution in [2.75, 3.05) is 13.7 Å². The first-order chi connectivity index (χ1) is 9.10. The topological polar surface area (TPSA) is 18.5 Å². The van der Waals surface area contributed by atoms with Crippen molar-refractivity contribution < 1.29 is 9.47 Å². The van der Waals surface area contributed by atoms with Crippen LogP contribution in [0, 0.1) is 5.41 Å². The zero-order valence-electron chi connectivity index (χ0n) is 12.0. The molecule has 0 N–H and O–H groups in total. The predicted octanol–water partition coefficient (Wildman–Crippen LogP) is 4.21. The van der Waals surface area contributed by atoms with E-state index in [0.717, 1.165) is 31.6 Å². The third kappa shape index (κ3) is 3.14. The van der Waals surface area contributed by atoms with E-state index >= 15 is 0 Å². The second-order valence-corrected chi connectivity index (χ2v) is 6.66. The van der Waals surface area contributed by atoms with Gasteiger partial charge in [-0.15, -0.1) is 0 Å². The van der Waals surface area contributed by atoms with Gasteiger partial charge in [-0.2, -0.15) is 0 Å². The molecule has 3 unspecified atom stereocenters. The zero-order valence-corrected chi connectivity index (χ0v) is 13.6. The van der Waals surface area contributed by atoms with Crippen LogP contribution in [-0.4, -0.2) is 24.6 Å². The van der Waals surface area contributed by atoms with E-state index in [9.17, 15) is 0 Å². The Bertz CT molecular complexity index is 404. The van der Waals surface area contributed by atoms with Crippen LogP contribution < -0.4 is 4.74 Å². The molecule has 0 heterocycles. The smallest absolute Gasteiger partial charge is 0.119 e. The van der Waals surface area contributed by atoms with Gasteiger partial charge in [-0.25, -0.2) is 0 Å². The van der Waals surface area contributed by atoms with E-state index in [-0.39, 0.29) is 5.41 Å². The second kappa shape index (κ2) is 6.27. The van der Waals surface area contributed by atoms with E-state index in [1.54, 1.807) is 7.11 Å². The summed E-state index contributed by atoms with van der Waals surface area (Å²) in [6.45, 7) is 5.30. The van der Waals surface area contributed by atoms with Gasteiger partial charge in [0.2, 0.25) is 0 Å². The average Bonchev–Trinajstić information content (AvgIpc) is 2.45. The largest absolute Gasteiger partial charge is 0.490 e. The van der Waals surface area contributed by atoms with Crippen LogP contribution in [0.15, 0.2) is 24.3 Å². The van der Waals surface area contributed by atoms with Gasteiger partial charge in [-0.1, -0.05) is 41.9 Å². The molecule has 3 heteroatoms. The lowest BCUT2D eigenvalue weighted by molar-refractivity contribution is -0.0243. The molecular formula is C16H23BrO2. The van der Waals surface area contributed by atoms with Gasteiger partial charge in [0.1, 0.15) is 11.9 Å². The molecule has 0 aromatic heterocycles. The van der Waals surface area contributed by atoms with Crippen LogP contribution in [0.3, 0.4) is 0 Å². The zero-order chi connectivity index (χ0) is 13.9. The Kier molecular flexibility index (Phi) is 4.91. The van der Waals surface area contributed by atoms with Crippen LogP contribution in [0.4, 0.5) is 0 Å². The highest BCUT2D eigenvalue weighted by Crippen LogP contribution is 2.50. The van der Waals surface area contributed by atoms with Gasteiger partial charge in [0, 0.05) is 17.4 Å². The molecule has 1 aromatic carbocycles. The minimum atomic E-state index is 0.259. The van der Waals surface area contributed by atoms with Crippen molar-refractivity contribution in [3.63, 3.8) is 0 Å². The van der Waals surface area contributed by atoms with Crippen molar-refractivity contribution in [3.05, 3.63) is 29.8 Å². The lowest BCUT2D eigenvalue weighted by Gasteiger charge is -2.50. The summed E-state index contributed by atoms with van der Waals surface area (Å²) < 4.78 is 11.2. The molecule has 0 spiro atoms. The number of methoxy groups -OCH3 is 1. The first-order valence-electron chi connectivity index (χ1n) is 6.98. The Morgan fingerprint density at radius 3 is 2.53 bits per heavy atom. The average molecular weight is 327 g/mol. The van der Waals surface area contributed by atoms with E-state index in [0.29, 0.717) is 10.9 Å². The molecule has 0 bridgehead atoms. The van der Waals surface area contributed by atoms with Crippen LogP contribution >= 0.6 is 15.9 Å². The van der Waals surface area contributed by atoms with Crippen LogP contribution in [-0.2, 0) is 11.2 Å². The lowest BCUT2D eigenvalue weighted by atomic mass is 9.65. The summed E-state index contributed by atoms with van der Waals surface area (Å²) in [5.74, 6) is 0.977. The maximum atomic E-state index is 6.13. The molecule has 0 saturated heterocycles. The number of benzene rings is 1. The minimum absolute atomic E-state index is 0.259. The molecular weight excluding hydrogens is 304 g/mol. The molecule has 1 aliphatic carbocycles. The lowest BCUT2D eigenvalue weighted by Crippen LogP contribution is -2.54. The summed E-state index contributed by atoms with van der Waals surface area (Å²) in [7, 11) is 1.73. The predicted molar refractivity (Wildman–Crippen MR) is 82.2 cm³/mol. The molecule has 0 aliphatic heterocycles. The Morgan fingerprint density at radius 1 is 1.32 bits per heavy atom. The number of rotatable bonds is 6. The minimum Gasteiger partial charge on any atom is -0.490 e. The summed E-state index contributed by atoms with van der Waals surface area (Å²) in [5, 5.41) is 0. The van der Waals surface area contributed by atoms with Gasteiger partial charge in [-0.05, 0) is 37.0 Å². The van der Waals surface area contributed by atoms with Crippen LogP contribution in [0.2, 0.25) is 0 Å². The van der Waals surface area contributed by atoms with Crippen molar-refractivity contribution in [3.8, 4) is 5.75 Å². The summed E-state index contributed by atoms with van der Waals surface area (Å²) in [6.07, 6.45) is 3.51. The van der Waals surface area contributed by atoms with Gasteiger partial charge in [0.25, 0.3) is 0 Å². The first-order valence-corrected chi connectivity index (χ1v) is 7.90. The van der Waals surface area contributed by atoms with E-state index in [2.05, 4.69) is 54.0 Å². The van der Waals surface area contributed by atoms with Gasteiger partial charge < -0.3 is 9.47 Å². The third-order valence-electron chi connectivity index (χ3n) is 4.43. The standard InChI is InChI=1S/C16H23BrO2/c1-4-16(2)14(17)11-15(16)19-13-7-5-12(6-8-13)9-10-18-3/h5-8,14-15H,4,9-11H2,1-3H3. The fourth-order valence-electron chi connectivity index (χ4n) is 2.52. The normalized spacial score (nSPS) is 29.9. The Morgan fingerprint density at radius 2 is 2.00 bits per heavy atom. The highest BCUT2D eigenvalue weighted by atomic mass is 79.9. The molecule has 19 heavy (non-hydrogen) atoms. The molecule has 1 fully saturated rings. The van der Waals surface area contributed by atoms with Crippen molar-refractivity contribution in [1.29, 1.82) is 0 Å². The molecule has 0 amide bonds. The third-order valence-corrected chi connectivity index (χ3v) is 5.85. The maximum absolute atomic E-state index is 6.13. The summed E-state index contributed by atoms with van der Waals surface area (Å²) in [5.41, 5.74) is 1.55. The molecule has 3 atom stereocenters. The van der Waals surface area contributed by atoms with E-state index < -0.39 is 0 Å². The monoisotopic (exact) mass is 326 g/mol. The molecule has 2 rings (SSSR count). The van der Waals surface area contributed by atoms with Crippen LogP contribution in [0.5, 0.6) is 5.75 Å². The number of halogens is 1. The molecule has 106 valence electrons. The second-order valence-electron chi connectivity index (χ2n) is 5.56. The van der Waals surface area contributed by atoms with Crippen LogP contribution in [0.25, 0.3) is 0 Å². The molecule has 1 saturated carbocycles. The number of ether oxygens (including phenoxy) is 2. The molecule has 0 radical (unpaired) electrons. The molecule has 1 aliphatic rings.